The Hall–Kier alpha value is -11.7. The number of aliphatic hydroxyl groups is 3. The number of carboxylic acids is 1. The third kappa shape index (κ3) is 39.5. The van der Waals surface area contributed by atoms with Crippen LogP contribution in [0.3, 0.4) is 0 Å². The average Bonchev–Trinajstić information content (AvgIpc) is 2.10. The van der Waals surface area contributed by atoms with Crippen LogP contribution in [0.5, 0.6) is 0 Å². The number of rotatable bonds is 64. The van der Waals surface area contributed by atoms with E-state index in [1.807, 2.05) is 0 Å². The third-order valence-electron chi connectivity index (χ3n) is 23.2. The van der Waals surface area contributed by atoms with Crippen LogP contribution in [0.15, 0.2) is 60.8 Å². The van der Waals surface area contributed by atoms with E-state index in [-0.39, 0.29) is 128 Å². The van der Waals surface area contributed by atoms with Gasteiger partial charge in [-0.05, 0) is 126 Å². The lowest BCUT2D eigenvalue weighted by atomic mass is 9.85. The molecule has 131 heavy (non-hydrogen) atoms. The van der Waals surface area contributed by atoms with E-state index in [0.717, 1.165) is 32.6 Å². The largest absolute Gasteiger partial charge is 0.481 e. The van der Waals surface area contributed by atoms with Gasteiger partial charge in [-0.1, -0.05) is 140 Å². The van der Waals surface area contributed by atoms with E-state index in [1.165, 1.54) is 37.0 Å². The van der Waals surface area contributed by atoms with E-state index in [9.17, 15) is 82.8 Å². The summed E-state index contributed by atoms with van der Waals surface area (Å²) in [7, 11) is 0. The van der Waals surface area contributed by atoms with Crippen LogP contribution in [0.4, 0.5) is 0 Å². The van der Waals surface area contributed by atoms with Gasteiger partial charge in [-0.25, -0.2) is 0 Å². The number of fused-ring (bicyclic) bond motifs is 1. The summed E-state index contributed by atoms with van der Waals surface area (Å²) in [5, 5.41) is 86.8. The van der Waals surface area contributed by atoms with Gasteiger partial charge in [-0.15, -0.1) is 0 Å². The maximum Gasteiger partial charge on any atom is 0.303 e. The summed E-state index contributed by atoms with van der Waals surface area (Å²) < 4.78 is 0. The summed E-state index contributed by atoms with van der Waals surface area (Å²) >= 11 is 0. The Labute approximate surface area is 764 Å². The summed E-state index contributed by atoms with van der Waals surface area (Å²) in [5.41, 5.74) is 18.7. The number of amides is 15. The molecule has 0 radical (unpaired) electrons. The van der Waals surface area contributed by atoms with Crippen LogP contribution >= 0.6 is 0 Å². The van der Waals surface area contributed by atoms with Crippen molar-refractivity contribution in [3.63, 3.8) is 0 Å². The highest BCUT2D eigenvalue weighted by molar-refractivity contribution is 6.01. The van der Waals surface area contributed by atoms with Crippen LogP contribution < -0.4 is 91.6 Å². The van der Waals surface area contributed by atoms with E-state index in [4.69, 9.17) is 22.6 Å². The number of carbonyl (C=O) groups is 17. The van der Waals surface area contributed by atoms with E-state index >= 15 is 19.2 Å². The van der Waals surface area contributed by atoms with Gasteiger partial charge in [0.2, 0.25) is 88.6 Å². The van der Waals surface area contributed by atoms with Gasteiger partial charge in [0.25, 0.3) is 0 Å². The number of primary amides is 1. The summed E-state index contributed by atoms with van der Waals surface area (Å²) in [5.74, 6) is -18.1. The zero-order valence-electron chi connectivity index (χ0n) is 76.2. The number of aromatic amines is 1. The molecule has 3 unspecified atom stereocenters. The van der Waals surface area contributed by atoms with Gasteiger partial charge in [-0.2, -0.15) is 0 Å². The fraction of sp³-hybridized carbons (Fsp3) is 0.644. The molecule has 2 aliphatic rings. The molecule has 2 aromatic carbocycles. The molecule has 1 saturated heterocycles. The van der Waals surface area contributed by atoms with Gasteiger partial charge in [0.1, 0.15) is 60.4 Å². The number of hydrogen-bond donors (Lipinski definition) is 23. The predicted molar refractivity (Wildman–Crippen MR) is 485 cm³/mol. The topological polar surface area (TPSA) is 660 Å². The number of benzene rings is 2. The first-order valence-electron chi connectivity index (χ1n) is 46.1. The molecule has 3 aromatic rings. The number of guanidine groups is 1. The summed E-state index contributed by atoms with van der Waals surface area (Å²) in [4.78, 5) is 240. The standard InChI is InChI=1S/C90H142N20O21/c1-6-8-10-11-12-13-14-15-19-37-73(115)96-44-40-74(116)95-42-25-23-33-65(105-86(128)70(52-111)100-55(5)113)84(126)108-71(53-112)87(129)104-64(31-9-7-2)82(124)102-63(38-39-76(118)119)78(120)60-48-58(114)49-61(60)80(122)106-68(46-56-28-17-16-18-29-56)85(127)103-66(35-26-43-97-90(93)94)83(125)107-69(47-57-50-98-62-32-21-20-30-59(57)62)81(123)99-51-75(117)101-67(34-22-24-41-91)89(131)110-45-27-36-72(110)88(130)109-77(54(3)4)79(92)121/h16-18,20-21,28-30,32,50,54,58,60-61,63-72,77,98,111-112,114H,6-15,19,22-27,31,33-49,51-53,91H2,1-5H3,(H2,92,121)(H,95,116)(H,96,115)(H,99,123)(H,100,113)(H,101,117)(H,102,124)(H,103,127)(H,104,129)(H,105,128)(H,106,122)(H,107,125)(H,108,126)(H,109,130)(H,118,119)(H4,93,94,97)/t58?,60?,61-,63+,64+,65+,66+,67+,68?,69+,70+,71+,72+,77+/m1/s1. The van der Waals surface area contributed by atoms with Crippen molar-refractivity contribution >= 4 is 117 Å². The normalized spacial score (nSPS) is 16.9. The molecule has 15 amide bonds. The van der Waals surface area contributed by atoms with Crippen molar-refractivity contribution in [3.05, 3.63) is 71.9 Å². The molecule has 5 rings (SSSR count). The minimum absolute atomic E-state index is 0.00489. The lowest BCUT2D eigenvalue weighted by Gasteiger charge is -2.30. The number of aliphatic carboxylic acids is 1. The minimum Gasteiger partial charge on any atom is -0.481 e. The number of nitrogens with two attached hydrogens (primary N) is 3. The number of unbranched alkanes of at least 4 members (excludes halogenated alkanes) is 11. The number of likely N-dealkylation sites (tertiary alicyclic amines) is 1. The van der Waals surface area contributed by atoms with E-state index in [0.29, 0.717) is 54.1 Å². The molecule has 1 aliphatic carbocycles. The summed E-state index contributed by atoms with van der Waals surface area (Å²) in [6.07, 6.45) is 10.1. The first-order chi connectivity index (χ1) is 62.6. The molecule has 0 bridgehead atoms. The quantitative estimate of drug-likeness (QED) is 0.0186. The summed E-state index contributed by atoms with van der Waals surface area (Å²) in [6.45, 7) is 6.35. The zero-order valence-corrected chi connectivity index (χ0v) is 76.2. The smallest absolute Gasteiger partial charge is 0.303 e. The zero-order chi connectivity index (χ0) is 96.5. The first-order valence-corrected chi connectivity index (χ1v) is 46.1. The van der Waals surface area contributed by atoms with Crippen molar-refractivity contribution in [1.82, 2.24) is 84.3 Å². The molecule has 41 nitrogen and oxygen atoms in total. The van der Waals surface area contributed by atoms with Crippen molar-refractivity contribution in [2.75, 3.05) is 52.5 Å². The molecule has 26 N–H and O–H groups in total. The monoisotopic (exact) mass is 1840 g/mol. The molecule has 1 saturated carbocycles. The number of nitrogens with one attached hydrogen (secondary N) is 16. The molecule has 1 aliphatic heterocycles. The van der Waals surface area contributed by atoms with Crippen LogP contribution in [0.1, 0.15) is 226 Å². The van der Waals surface area contributed by atoms with Crippen molar-refractivity contribution < 1.29 is 102 Å². The Bertz CT molecular complexity index is 4250. The van der Waals surface area contributed by atoms with E-state index in [1.54, 1.807) is 81.6 Å². The Morgan fingerprint density at radius 2 is 1.01 bits per heavy atom. The molecule has 728 valence electrons. The van der Waals surface area contributed by atoms with Gasteiger partial charge in [0, 0.05) is 88.2 Å². The second kappa shape index (κ2) is 59.6. The third-order valence-corrected chi connectivity index (χ3v) is 23.2. The number of ketones is 1. The molecule has 41 heteroatoms. The molecule has 2 fully saturated rings. The second-order valence-electron chi connectivity index (χ2n) is 34.1. The van der Waals surface area contributed by atoms with Crippen LogP contribution in [-0.2, 0) is 94.3 Å². The van der Waals surface area contributed by atoms with Crippen LogP contribution in [-0.4, -0.2) is 262 Å². The number of para-hydroxylation sites is 1. The number of hydrogen-bond acceptors (Lipinski definition) is 22. The van der Waals surface area contributed by atoms with Gasteiger partial charge >= 0.3 is 5.97 Å². The number of Topliss-reactive ketones (excluding diaryl/α,β-unsaturated/α-hetero) is 1. The average molecular weight is 1840 g/mol. The Kier molecular flexibility index (Phi) is 49.9. The number of aromatic nitrogens is 1. The van der Waals surface area contributed by atoms with Crippen LogP contribution in [0.2, 0.25) is 0 Å². The molecular formula is C90H142N20O21. The maximum atomic E-state index is 15.2. The molecule has 14 atom stereocenters. The molecule has 1 aromatic heterocycles. The number of carbonyl (C=O) groups excluding carboxylic acids is 16. The Balaban J connectivity index is 1.34. The number of H-pyrrole nitrogens is 1. The molecule has 2 heterocycles. The number of carboxylic acid groups (broad SMARTS) is 1. The number of aliphatic hydroxyl groups excluding tert-OH is 3. The van der Waals surface area contributed by atoms with Crippen LogP contribution in [0.25, 0.3) is 10.9 Å². The maximum absolute atomic E-state index is 15.2. The van der Waals surface area contributed by atoms with Gasteiger partial charge < -0.3 is 122 Å². The highest BCUT2D eigenvalue weighted by atomic mass is 16.4. The predicted octanol–water partition coefficient (Wildman–Crippen LogP) is -0.829. The van der Waals surface area contributed by atoms with Gasteiger partial charge in [-0.3, -0.25) is 86.9 Å². The van der Waals surface area contributed by atoms with Crippen molar-refractivity contribution in [2.24, 2.45) is 35.0 Å². The summed E-state index contributed by atoms with van der Waals surface area (Å²) in [6, 6.07) is -0.652. The van der Waals surface area contributed by atoms with Crippen molar-refractivity contribution in [1.29, 1.82) is 5.41 Å². The Morgan fingerprint density at radius 1 is 0.489 bits per heavy atom. The van der Waals surface area contributed by atoms with Gasteiger partial charge in [0.05, 0.1) is 37.8 Å². The molecular weight excluding hydrogens is 1700 g/mol. The van der Waals surface area contributed by atoms with Crippen molar-refractivity contribution in [2.45, 2.75) is 300 Å². The number of nitrogens with zero attached hydrogens (tertiary/aromatic N) is 1. The second-order valence-corrected chi connectivity index (χ2v) is 34.1. The Morgan fingerprint density at radius 3 is 1.61 bits per heavy atom. The fourth-order valence-corrected chi connectivity index (χ4v) is 15.9. The lowest BCUT2D eigenvalue weighted by molar-refractivity contribution is -0.142. The van der Waals surface area contributed by atoms with Crippen LogP contribution in [0, 0.1) is 23.2 Å². The highest BCUT2D eigenvalue weighted by Gasteiger charge is 2.47. The minimum atomic E-state index is -1.83. The van der Waals surface area contributed by atoms with E-state index < -0.39 is 224 Å². The highest BCUT2D eigenvalue weighted by Crippen LogP contribution is 2.35. The fourth-order valence-electron chi connectivity index (χ4n) is 15.9. The van der Waals surface area contributed by atoms with Gasteiger partial charge in [0.15, 0.2) is 11.7 Å². The molecule has 0 spiro atoms. The van der Waals surface area contributed by atoms with E-state index in [2.05, 4.69) is 86.3 Å². The lowest BCUT2D eigenvalue weighted by Crippen LogP contribution is -2.60. The SMILES string of the molecule is CCCCCCCCCCCC(=O)NCCC(=O)NCCCC[C@H](NC(=O)[C@H](CO)NC(C)=O)C(=O)N[C@@H](CO)C(=O)N[C@@H](CCCC)C(=O)N[C@@H](CCC(=O)O)C(=O)C1CC(O)C[C@H]1C(=O)NC(Cc1ccccc1)C(=O)N[C@@H](CCCNC(=N)N)C(=O)N[C@@H](Cc1c[nH]c2ccccc12)C(=O)NCC(=O)N[C@@H](CCCCN)C(=O)N1CCC[C@H]1C(=O)N[C@H](C(N)=O)C(C)C. The first kappa shape index (κ1) is 110. The van der Waals surface area contributed by atoms with Crippen molar-refractivity contribution in [3.8, 4) is 0 Å².